The molecule has 0 aliphatic carbocycles. The van der Waals surface area contributed by atoms with Crippen LogP contribution >= 0.6 is 0 Å². The van der Waals surface area contributed by atoms with Crippen molar-refractivity contribution < 1.29 is 0 Å². The fourth-order valence-electron chi connectivity index (χ4n) is 3.07. The van der Waals surface area contributed by atoms with Crippen LogP contribution in [0.15, 0.2) is 61.1 Å². The molecule has 1 N–H and O–H groups in total. The Kier molecular flexibility index (Phi) is 4.55. The third-order valence-electron chi connectivity index (χ3n) is 4.29. The van der Waals surface area contributed by atoms with Crippen molar-refractivity contribution in [3.63, 3.8) is 0 Å². The molecule has 130 valence electrons. The molecule has 0 bridgehead atoms. The lowest BCUT2D eigenvalue weighted by molar-refractivity contribution is 0.716. The first kappa shape index (κ1) is 16.2. The average Bonchev–Trinajstić information content (AvgIpc) is 3.06. The Balaban J connectivity index is 1.47. The van der Waals surface area contributed by atoms with Gasteiger partial charge in [0.25, 0.3) is 0 Å². The molecule has 4 rings (SSSR count). The summed E-state index contributed by atoms with van der Waals surface area (Å²) in [6.45, 7) is 3.77. The van der Waals surface area contributed by atoms with Crippen LogP contribution in [0.4, 0.5) is 5.95 Å². The molecule has 3 heterocycles. The van der Waals surface area contributed by atoms with Crippen molar-refractivity contribution in [3.8, 4) is 11.3 Å². The number of anilines is 1. The number of para-hydroxylation sites is 2. The van der Waals surface area contributed by atoms with Crippen LogP contribution in [0.5, 0.6) is 0 Å². The van der Waals surface area contributed by atoms with Crippen LogP contribution in [0, 0.1) is 0 Å². The van der Waals surface area contributed by atoms with Crippen molar-refractivity contribution in [1.29, 1.82) is 0 Å². The molecule has 6 nitrogen and oxygen atoms in total. The summed E-state index contributed by atoms with van der Waals surface area (Å²) in [5.74, 6) is 1.69. The van der Waals surface area contributed by atoms with Gasteiger partial charge in [0.2, 0.25) is 5.95 Å². The third kappa shape index (κ3) is 3.26. The molecule has 0 radical (unpaired) electrons. The van der Waals surface area contributed by atoms with Gasteiger partial charge in [0.1, 0.15) is 5.82 Å². The maximum absolute atomic E-state index is 4.75. The van der Waals surface area contributed by atoms with E-state index in [4.69, 9.17) is 4.98 Å². The number of nitrogens with zero attached hydrogens (tertiary/aromatic N) is 5. The number of nitrogens with one attached hydrogen (secondary N) is 1. The second-order valence-electron chi connectivity index (χ2n) is 5.94. The van der Waals surface area contributed by atoms with Gasteiger partial charge in [-0.25, -0.2) is 15.0 Å². The number of aryl methyl sites for hydroxylation is 1. The van der Waals surface area contributed by atoms with Crippen LogP contribution in [-0.2, 0) is 13.0 Å². The second-order valence-corrected chi connectivity index (χ2v) is 5.94. The van der Waals surface area contributed by atoms with Crippen LogP contribution in [0.2, 0.25) is 0 Å². The monoisotopic (exact) mass is 344 g/mol. The maximum Gasteiger partial charge on any atom is 0.223 e. The van der Waals surface area contributed by atoms with E-state index >= 15 is 0 Å². The highest BCUT2D eigenvalue weighted by molar-refractivity contribution is 5.75. The number of hydrogen-bond acceptors (Lipinski definition) is 5. The minimum atomic E-state index is 0.616. The minimum Gasteiger partial charge on any atom is -0.354 e. The Hall–Kier alpha value is -3.28. The fourth-order valence-corrected chi connectivity index (χ4v) is 3.07. The van der Waals surface area contributed by atoms with Gasteiger partial charge in [-0.2, -0.15) is 0 Å². The van der Waals surface area contributed by atoms with Crippen LogP contribution in [-0.4, -0.2) is 31.0 Å². The predicted molar refractivity (Wildman–Crippen MR) is 103 cm³/mol. The van der Waals surface area contributed by atoms with Gasteiger partial charge in [-0.15, -0.1) is 0 Å². The maximum atomic E-state index is 4.75. The number of aromatic nitrogens is 5. The number of benzene rings is 1. The van der Waals surface area contributed by atoms with E-state index in [1.807, 2.05) is 24.3 Å². The van der Waals surface area contributed by atoms with E-state index in [-0.39, 0.29) is 0 Å². The van der Waals surface area contributed by atoms with E-state index in [9.17, 15) is 0 Å². The third-order valence-corrected chi connectivity index (χ3v) is 4.29. The molecule has 0 saturated carbocycles. The van der Waals surface area contributed by atoms with Gasteiger partial charge < -0.3 is 9.88 Å². The highest BCUT2D eigenvalue weighted by Crippen LogP contribution is 2.17. The summed E-state index contributed by atoms with van der Waals surface area (Å²) in [6.07, 6.45) is 6.13. The fraction of sp³-hybridized carbons (Fsp3) is 0.200. The summed E-state index contributed by atoms with van der Waals surface area (Å²) in [6, 6.07) is 14.0. The first-order valence-corrected chi connectivity index (χ1v) is 8.76. The molecule has 3 aromatic heterocycles. The first-order valence-electron chi connectivity index (χ1n) is 8.76. The van der Waals surface area contributed by atoms with Crippen molar-refractivity contribution in [3.05, 3.63) is 66.9 Å². The minimum absolute atomic E-state index is 0.616. The lowest BCUT2D eigenvalue weighted by Crippen LogP contribution is -2.11. The highest BCUT2D eigenvalue weighted by Gasteiger charge is 2.09. The summed E-state index contributed by atoms with van der Waals surface area (Å²) < 4.78 is 2.25. The van der Waals surface area contributed by atoms with E-state index in [1.165, 1.54) is 5.52 Å². The van der Waals surface area contributed by atoms with Crippen molar-refractivity contribution in [2.75, 3.05) is 11.9 Å². The zero-order valence-corrected chi connectivity index (χ0v) is 14.6. The Morgan fingerprint density at radius 2 is 1.92 bits per heavy atom. The van der Waals surface area contributed by atoms with Gasteiger partial charge in [-0.1, -0.05) is 12.1 Å². The quantitative estimate of drug-likeness (QED) is 0.579. The number of fused-ring (bicyclic) bond motifs is 1. The Labute approximate surface area is 152 Å². The molecule has 0 saturated heterocycles. The van der Waals surface area contributed by atoms with Crippen LogP contribution in [0.3, 0.4) is 0 Å². The van der Waals surface area contributed by atoms with Crippen LogP contribution in [0.1, 0.15) is 12.7 Å². The molecular formula is C20H20N6. The molecule has 0 unspecified atom stereocenters. The molecule has 26 heavy (non-hydrogen) atoms. The molecule has 0 fully saturated rings. The zero-order chi connectivity index (χ0) is 17.8. The number of hydrogen-bond donors (Lipinski definition) is 1. The van der Waals surface area contributed by atoms with Crippen molar-refractivity contribution in [2.45, 2.75) is 19.9 Å². The lowest BCUT2D eigenvalue weighted by atomic mass is 10.2. The molecule has 6 heteroatoms. The average molecular weight is 344 g/mol. The molecule has 0 amide bonds. The first-order chi connectivity index (χ1) is 12.8. The molecule has 0 aliphatic heterocycles. The predicted octanol–water partition coefficient (Wildman–Crippen LogP) is 3.56. The zero-order valence-electron chi connectivity index (χ0n) is 14.6. The molecule has 0 aliphatic rings. The SMILES string of the molecule is CCn1c(CCNc2nccc(-c3cccnc3)n2)nc2ccccc21. The standard InChI is InChI=1S/C20H20N6/c1-2-26-18-8-4-3-7-17(18)24-19(26)10-13-23-20-22-12-9-16(25-20)15-6-5-11-21-14-15/h3-9,11-12,14H,2,10,13H2,1H3,(H,22,23,25). The van der Waals surface area contributed by atoms with Gasteiger partial charge in [-0.05, 0) is 37.3 Å². The largest absolute Gasteiger partial charge is 0.354 e. The van der Waals surface area contributed by atoms with E-state index < -0.39 is 0 Å². The number of imidazole rings is 1. The van der Waals surface area contributed by atoms with Gasteiger partial charge in [0.15, 0.2) is 0 Å². The number of rotatable bonds is 6. The van der Waals surface area contributed by atoms with E-state index in [0.29, 0.717) is 5.95 Å². The summed E-state index contributed by atoms with van der Waals surface area (Å²) in [5.41, 5.74) is 4.06. The normalized spacial score (nSPS) is 11.0. The topological polar surface area (TPSA) is 68.5 Å². The molecule has 1 aromatic carbocycles. The highest BCUT2D eigenvalue weighted by atomic mass is 15.1. The van der Waals surface area contributed by atoms with Crippen molar-refractivity contribution in [2.24, 2.45) is 0 Å². The van der Waals surface area contributed by atoms with Gasteiger partial charge in [0.05, 0.1) is 16.7 Å². The van der Waals surface area contributed by atoms with Gasteiger partial charge in [-0.3, -0.25) is 4.98 Å². The Morgan fingerprint density at radius 1 is 1.00 bits per heavy atom. The van der Waals surface area contributed by atoms with Crippen LogP contribution in [0.25, 0.3) is 22.3 Å². The summed E-state index contributed by atoms with van der Waals surface area (Å²) in [5, 5.41) is 3.30. The van der Waals surface area contributed by atoms with Crippen molar-refractivity contribution >= 4 is 17.0 Å². The molecule has 0 atom stereocenters. The van der Waals surface area contributed by atoms with Crippen molar-refractivity contribution in [1.82, 2.24) is 24.5 Å². The summed E-state index contributed by atoms with van der Waals surface area (Å²) >= 11 is 0. The van der Waals surface area contributed by atoms with E-state index in [0.717, 1.165) is 42.1 Å². The van der Waals surface area contributed by atoms with E-state index in [1.54, 1.807) is 18.6 Å². The number of pyridine rings is 1. The van der Waals surface area contributed by atoms with Gasteiger partial charge >= 0.3 is 0 Å². The Morgan fingerprint density at radius 3 is 2.77 bits per heavy atom. The lowest BCUT2D eigenvalue weighted by Gasteiger charge is -2.08. The molecule has 4 aromatic rings. The molecular weight excluding hydrogens is 324 g/mol. The summed E-state index contributed by atoms with van der Waals surface area (Å²) in [7, 11) is 0. The van der Waals surface area contributed by atoms with Gasteiger partial charge in [0, 0.05) is 43.7 Å². The smallest absolute Gasteiger partial charge is 0.223 e. The Bertz CT molecular complexity index is 1010. The molecule has 0 spiro atoms. The van der Waals surface area contributed by atoms with E-state index in [2.05, 4.69) is 50.0 Å². The summed E-state index contributed by atoms with van der Waals surface area (Å²) in [4.78, 5) is 17.8. The van der Waals surface area contributed by atoms with Crippen LogP contribution < -0.4 is 5.32 Å². The second kappa shape index (κ2) is 7.31.